The molecule has 2 heterocycles. The molecule has 2 aromatic rings. The summed E-state index contributed by atoms with van der Waals surface area (Å²) in [5.41, 5.74) is 2.00. The number of thiazole rings is 1. The average molecular weight is 264 g/mol. The van der Waals surface area contributed by atoms with Crippen molar-refractivity contribution in [1.29, 1.82) is 0 Å². The number of amides is 1. The molecule has 0 aliphatic carbocycles. The summed E-state index contributed by atoms with van der Waals surface area (Å²) in [4.78, 5) is 17.0. The first-order valence-electron chi connectivity index (χ1n) is 5.10. The molecule has 0 unspecified atom stereocenters. The summed E-state index contributed by atoms with van der Waals surface area (Å²) in [6.07, 6.45) is 3.31. The maximum Gasteiger partial charge on any atom is 0.250 e. The summed E-state index contributed by atoms with van der Waals surface area (Å²) in [6, 6.07) is 1.96. The number of anilines is 1. The van der Waals surface area contributed by atoms with E-state index in [0.717, 1.165) is 16.1 Å². The first kappa shape index (κ1) is 12.0. The molecule has 1 N–H and O–H groups in total. The van der Waals surface area contributed by atoms with E-state index in [4.69, 9.17) is 0 Å². The standard InChI is InChI=1S/C12H12N2OS2/c1-8-9(2)17-12(13-8)14-11(15)4-3-10-5-6-16-7-10/h3-7H,1-2H3,(H,13,14,15)/b4-3+. The Morgan fingerprint density at radius 1 is 1.47 bits per heavy atom. The van der Waals surface area contributed by atoms with Crippen LogP contribution >= 0.6 is 22.7 Å². The van der Waals surface area contributed by atoms with Gasteiger partial charge < -0.3 is 0 Å². The van der Waals surface area contributed by atoms with E-state index in [9.17, 15) is 4.79 Å². The van der Waals surface area contributed by atoms with E-state index in [-0.39, 0.29) is 5.91 Å². The van der Waals surface area contributed by atoms with E-state index in [1.807, 2.05) is 30.7 Å². The Kier molecular flexibility index (Phi) is 3.71. The lowest BCUT2D eigenvalue weighted by Crippen LogP contribution is -2.07. The Balaban J connectivity index is 1.98. The lowest BCUT2D eigenvalue weighted by molar-refractivity contribution is -0.111. The van der Waals surface area contributed by atoms with E-state index in [1.54, 1.807) is 17.4 Å². The molecular formula is C12H12N2OS2. The molecule has 0 fully saturated rings. The summed E-state index contributed by atoms with van der Waals surface area (Å²) in [5.74, 6) is -0.148. The summed E-state index contributed by atoms with van der Waals surface area (Å²) in [6.45, 7) is 3.92. The predicted octanol–water partition coefficient (Wildman–Crippen LogP) is 3.47. The van der Waals surface area contributed by atoms with Gasteiger partial charge in [0.05, 0.1) is 5.69 Å². The molecule has 0 aromatic carbocycles. The smallest absolute Gasteiger partial charge is 0.250 e. The summed E-state index contributed by atoms with van der Waals surface area (Å²) in [7, 11) is 0. The van der Waals surface area contributed by atoms with Crippen LogP contribution in [0.25, 0.3) is 6.08 Å². The third-order valence-electron chi connectivity index (χ3n) is 2.23. The van der Waals surface area contributed by atoms with Crippen molar-refractivity contribution in [3.63, 3.8) is 0 Å². The summed E-state index contributed by atoms with van der Waals surface area (Å²) in [5, 5.41) is 7.37. The normalized spacial score (nSPS) is 10.9. The van der Waals surface area contributed by atoms with Crippen LogP contribution < -0.4 is 5.32 Å². The minimum Gasteiger partial charge on any atom is -0.298 e. The van der Waals surface area contributed by atoms with Crippen molar-refractivity contribution < 1.29 is 4.79 Å². The van der Waals surface area contributed by atoms with Gasteiger partial charge in [-0.1, -0.05) is 0 Å². The van der Waals surface area contributed by atoms with Gasteiger partial charge in [0.25, 0.3) is 0 Å². The van der Waals surface area contributed by atoms with Crippen LogP contribution in [-0.4, -0.2) is 10.9 Å². The largest absolute Gasteiger partial charge is 0.298 e. The number of thiophene rings is 1. The predicted molar refractivity (Wildman–Crippen MR) is 73.6 cm³/mol. The quantitative estimate of drug-likeness (QED) is 0.862. The second kappa shape index (κ2) is 5.25. The van der Waals surface area contributed by atoms with Crippen LogP contribution in [0.15, 0.2) is 22.9 Å². The Labute approximate surface area is 108 Å². The molecule has 17 heavy (non-hydrogen) atoms. The Morgan fingerprint density at radius 2 is 2.29 bits per heavy atom. The molecule has 88 valence electrons. The van der Waals surface area contributed by atoms with Crippen LogP contribution in [0.5, 0.6) is 0 Å². The lowest BCUT2D eigenvalue weighted by Gasteiger charge is -1.94. The molecular weight excluding hydrogens is 252 g/mol. The summed E-state index contributed by atoms with van der Waals surface area (Å²) >= 11 is 3.10. The lowest BCUT2D eigenvalue weighted by atomic mass is 10.3. The molecule has 0 saturated carbocycles. The van der Waals surface area contributed by atoms with E-state index in [1.165, 1.54) is 17.4 Å². The molecule has 0 spiro atoms. The number of carbonyl (C=O) groups is 1. The van der Waals surface area contributed by atoms with Crippen molar-refractivity contribution in [2.45, 2.75) is 13.8 Å². The van der Waals surface area contributed by atoms with Gasteiger partial charge in [-0.15, -0.1) is 11.3 Å². The third-order valence-corrected chi connectivity index (χ3v) is 3.92. The molecule has 3 nitrogen and oxygen atoms in total. The van der Waals surface area contributed by atoms with Gasteiger partial charge in [-0.3, -0.25) is 10.1 Å². The van der Waals surface area contributed by atoms with Crippen LogP contribution in [0.1, 0.15) is 16.1 Å². The zero-order chi connectivity index (χ0) is 12.3. The molecule has 0 radical (unpaired) electrons. The molecule has 2 rings (SSSR count). The first-order valence-corrected chi connectivity index (χ1v) is 6.86. The average Bonchev–Trinajstić information content (AvgIpc) is 2.87. The van der Waals surface area contributed by atoms with Crippen LogP contribution in [0.3, 0.4) is 0 Å². The minimum absolute atomic E-state index is 0.148. The van der Waals surface area contributed by atoms with Gasteiger partial charge in [0.1, 0.15) is 0 Å². The fraction of sp³-hybridized carbons (Fsp3) is 0.167. The topological polar surface area (TPSA) is 42.0 Å². The Morgan fingerprint density at radius 3 is 2.88 bits per heavy atom. The van der Waals surface area contributed by atoms with E-state index < -0.39 is 0 Å². The van der Waals surface area contributed by atoms with Gasteiger partial charge in [-0.2, -0.15) is 11.3 Å². The van der Waals surface area contributed by atoms with Crippen molar-refractivity contribution in [1.82, 2.24) is 4.98 Å². The fourth-order valence-electron chi connectivity index (χ4n) is 1.21. The Hall–Kier alpha value is -1.46. The van der Waals surface area contributed by atoms with E-state index >= 15 is 0 Å². The van der Waals surface area contributed by atoms with Crippen molar-refractivity contribution in [3.05, 3.63) is 39.0 Å². The van der Waals surface area contributed by atoms with Gasteiger partial charge >= 0.3 is 0 Å². The number of carbonyl (C=O) groups excluding carboxylic acids is 1. The van der Waals surface area contributed by atoms with Crippen LogP contribution in [0.4, 0.5) is 5.13 Å². The maximum atomic E-state index is 11.6. The highest BCUT2D eigenvalue weighted by Gasteiger charge is 2.05. The van der Waals surface area contributed by atoms with Crippen molar-refractivity contribution in [3.8, 4) is 0 Å². The molecule has 1 amide bonds. The zero-order valence-electron chi connectivity index (χ0n) is 9.56. The number of nitrogens with one attached hydrogen (secondary N) is 1. The number of aromatic nitrogens is 1. The molecule has 0 aliphatic rings. The minimum atomic E-state index is -0.148. The molecule has 5 heteroatoms. The van der Waals surface area contributed by atoms with Gasteiger partial charge in [0.15, 0.2) is 5.13 Å². The zero-order valence-corrected chi connectivity index (χ0v) is 11.2. The number of hydrogen-bond acceptors (Lipinski definition) is 4. The van der Waals surface area contributed by atoms with Gasteiger partial charge in [0.2, 0.25) is 5.91 Å². The third kappa shape index (κ3) is 3.25. The van der Waals surface area contributed by atoms with Crippen LogP contribution in [0, 0.1) is 13.8 Å². The molecule has 0 atom stereocenters. The number of hydrogen-bond donors (Lipinski definition) is 1. The fourth-order valence-corrected chi connectivity index (χ4v) is 2.66. The molecule has 0 saturated heterocycles. The molecule has 2 aromatic heterocycles. The second-order valence-corrected chi connectivity index (χ2v) is 5.52. The van der Waals surface area contributed by atoms with E-state index in [2.05, 4.69) is 10.3 Å². The molecule has 0 bridgehead atoms. The van der Waals surface area contributed by atoms with Crippen molar-refractivity contribution in [2.24, 2.45) is 0 Å². The Bertz CT molecular complexity index is 521. The molecule has 0 aliphatic heterocycles. The maximum absolute atomic E-state index is 11.6. The SMILES string of the molecule is Cc1nc(NC(=O)/C=C/c2ccsc2)sc1C. The monoisotopic (exact) mass is 264 g/mol. The highest BCUT2D eigenvalue weighted by atomic mass is 32.1. The number of rotatable bonds is 3. The van der Waals surface area contributed by atoms with Crippen molar-refractivity contribution >= 4 is 39.8 Å². The van der Waals surface area contributed by atoms with Crippen molar-refractivity contribution in [2.75, 3.05) is 5.32 Å². The second-order valence-electron chi connectivity index (χ2n) is 3.54. The van der Waals surface area contributed by atoms with E-state index in [0.29, 0.717) is 5.13 Å². The van der Waals surface area contributed by atoms with Gasteiger partial charge in [-0.05, 0) is 42.3 Å². The van der Waals surface area contributed by atoms with Gasteiger partial charge in [0, 0.05) is 11.0 Å². The summed E-state index contributed by atoms with van der Waals surface area (Å²) < 4.78 is 0. The van der Waals surface area contributed by atoms with Crippen LogP contribution in [-0.2, 0) is 4.79 Å². The number of nitrogens with zero attached hydrogens (tertiary/aromatic N) is 1. The van der Waals surface area contributed by atoms with Gasteiger partial charge in [-0.25, -0.2) is 4.98 Å². The number of aryl methyl sites for hydroxylation is 2. The highest BCUT2D eigenvalue weighted by Crippen LogP contribution is 2.21. The first-order chi connectivity index (χ1) is 8.15. The highest BCUT2D eigenvalue weighted by molar-refractivity contribution is 7.15. The van der Waals surface area contributed by atoms with Crippen LogP contribution in [0.2, 0.25) is 0 Å².